The molecule has 0 aliphatic rings. The van der Waals surface area contributed by atoms with Crippen molar-refractivity contribution in [2.75, 3.05) is 0 Å². The van der Waals surface area contributed by atoms with E-state index in [1.54, 1.807) is 0 Å². The van der Waals surface area contributed by atoms with Crippen LogP contribution in [0.1, 0.15) is 16.7 Å². The Bertz CT molecular complexity index is 1450. The van der Waals surface area contributed by atoms with Crippen LogP contribution in [0.5, 0.6) is 0 Å². The summed E-state index contributed by atoms with van der Waals surface area (Å²) in [6, 6.07) is 16.2. The predicted molar refractivity (Wildman–Crippen MR) is 139 cm³/mol. The number of carbonyl (C=O) groups is 2. The molecule has 3 rings (SSSR count). The SMILES string of the molecule is O=C(N/N=C/c1ccccc1[N+](=O)[O-])C(=Cc1ccc([N+](=O)[O-])cc1)C(=O)N/N=C/c1ccccc1[N+](=O)[O-]. The lowest BCUT2D eigenvalue weighted by molar-refractivity contribution is -0.385. The van der Waals surface area contributed by atoms with Gasteiger partial charge in [0, 0.05) is 24.3 Å². The number of nitrogens with zero attached hydrogens (tertiary/aromatic N) is 5. The standard InChI is InChI=1S/C24H17N7O8/c32-23(27-25-14-17-5-1-3-7-21(17)30(36)37)20(13-16-9-11-19(12-10-16)29(34)35)24(33)28-26-15-18-6-2-4-8-22(18)31(38)39/h1-15H,(H,27,32)(H,28,33)/b25-14+,26-15+. The molecule has 15 nitrogen and oxygen atoms in total. The van der Waals surface area contributed by atoms with E-state index in [1.165, 1.54) is 72.8 Å². The molecular weight excluding hydrogens is 514 g/mol. The van der Waals surface area contributed by atoms with E-state index in [0.717, 1.165) is 18.5 Å². The first-order valence-electron chi connectivity index (χ1n) is 10.8. The third-order valence-electron chi connectivity index (χ3n) is 4.91. The first kappa shape index (κ1) is 27.5. The highest BCUT2D eigenvalue weighted by atomic mass is 16.6. The third-order valence-corrected chi connectivity index (χ3v) is 4.91. The molecule has 3 aromatic carbocycles. The molecule has 0 bridgehead atoms. The molecule has 0 heterocycles. The van der Waals surface area contributed by atoms with E-state index < -0.39 is 32.2 Å². The molecule has 196 valence electrons. The summed E-state index contributed by atoms with van der Waals surface area (Å²) in [5, 5.41) is 40.5. The number of carbonyl (C=O) groups excluding carboxylic acids is 2. The highest BCUT2D eigenvalue weighted by molar-refractivity contribution is 6.21. The normalized spacial score (nSPS) is 10.7. The Labute approximate surface area is 218 Å². The number of amides is 2. The monoisotopic (exact) mass is 531 g/mol. The fraction of sp³-hybridized carbons (Fsp3) is 0. The zero-order valence-electron chi connectivity index (χ0n) is 19.7. The Kier molecular flexibility index (Phi) is 8.96. The van der Waals surface area contributed by atoms with Crippen molar-refractivity contribution in [2.24, 2.45) is 10.2 Å². The van der Waals surface area contributed by atoms with Gasteiger partial charge in [-0.1, -0.05) is 24.3 Å². The van der Waals surface area contributed by atoms with Crippen LogP contribution in [0.4, 0.5) is 17.1 Å². The van der Waals surface area contributed by atoms with E-state index >= 15 is 0 Å². The molecule has 0 aromatic heterocycles. The molecule has 39 heavy (non-hydrogen) atoms. The van der Waals surface area contributed by atoms with Gasteiger partial charge in [-0.2, -0.15) is 10.2 Å². The smallest absolute Gasteiger partial charge is 0.267 e. The molecule has 0 aliphatic carbocycles. The fourth-order valence-corrected chi connectivity index (χ4v) is 3.06. The lowest BCUT2D eigenvalue weighted by atomic mass is 10.1. The van der Waals surface area contributed by atoms with Gasteiger partial charge >= 0.3 is 0 Å². The van der Waals surface area contributed by atoms with Gasteiger partial charge in [0.1, 0.15) is 5.57 Å². The van der Waals surface area contributed by atoms with Crippen molar-refractivity contribution in [1.82, 2.24) is 10.9 Å². The van der Waals surface area contributed by atoms with Crippen molar-refractivity contribution in [2.45, 2.75) is 0 Å². The second-order valence-electron chi connectivity index (χ2n) is 7.44. The van der Waals surface area contributed by atoms with Gasteiger partial charge in [-0.3, -0.25) is 39.9 Å². The summed E-state index contributed by atoms with van der Waals surface area (Å²) >= 11 is 0. The minimum atomic E-state index is -1.04. The zero-order valence-corrected chi connectivity index (χ0v) is 19.7. The lowest BCUT2D eigenvalue weighted by Gasteiger charge is -2.05. The molecule has 0 fully saturated rings. The number of para-hydroxylation sites is 2. The van der Waals surface area contributed by atoms with E-state index in [1.807, 2.05) is 0 Å². The Balaban J connectivity index is 1.86. The number of hydrazone groups is 2. The molecule has 0 saturated carbocycles. The summed E-state index contributed by atoms with van der Waals surface area (Å²) in [4.78, 5) is 56.9. The van der Waals surface area contributed by atoms with Crippen LogP contribution < -0.4 is 10.9 Å². The largest absolute Gasteiger partial charge is 0.278 e. The van der Waals surface area contributed by atoms with Gasteiger partial charge in [0.05, 0.1) is 38.3 Å². The molecule has 0 radical (unpaired) electrons. The van der Waals surface area contributed by atoms with Crippen LogP contribution >= 0.6 is 0 Å². The molecule has 3 aromatic rings. The predicted octanol–water partition coefficient (Wildman–Crippen LogP) is 3.10. The summed E-state index contributed by atoms with van der Waals surface area (Å²) < 4.78 is 0. The molecule has 0 spiro atoms. The number of hydrogen-bond donors (Lipinski definition) is 2. The van der Waals surface area contributed by atoms with Crippen molar-refractivity contribution < 1.29 is 24.4 Å². The van der Waals surface area contributed by atoms with Crippen molar-refractivity contribution in [3.63, 3.8) is 0 Å². The summed E-state index contributed by atoms with van der Waals surface area (Å²) in [5.74, 6) is -2.08. The molecule has 2 N–H and O–H groups in total. The number of non-ortho nitro benzene ring substituents is 1. The van der Waals surface area contributed by atoms with Gasteiger partial charge in [0.15, 0.2) is 0 Å². The highest BCUT2D eigenvalue weighted by Crippen LogP contribution is 2.17. The molecule has 2 amide bonds. The average Bonchev–Trinajstić information content (AvgIpc) is 2.92. The Morgan fingerprint density at radius 2 is 1.08 bits per heavy atom. The first-order chi connectivity index (χ1) is 18.7. The minimum absolute atomic E-state index is 0.0854. The molecule has 15 heteroatoms. The summed E-state index contributed by atoms with van der Waals surface area (Å²) in [7, 11) is 0. The molecular formula is C24H17N7O8. The number of nitro benzene ring substituents is 3. The molecule has 0 atom stereocenters. The van der Waals surface area contributed by atoms with Gasteiger partial charge < -0.3 is 0 Å². The van der Waals surface area contributed by atoms with E-state index in [-0.39, 0.29) is 33.8 Å². The fourth-order valence-electron chi connectivity index (χ4n) is 3.06. The van der Waals surface area contributed by atoms with E-state index in [4.69, 9.17) is 0 Å². The van der Waals surface area contributed by atoms with Crippen LogP contribution in [0.3, 0.4) is 0 Å². The van der Waals surface area contributed by atoms with E-state index in [0.29, 0.717) is 0 Å². The second kappa shape index (κ2) is 12.7. The van der Waals surface area contributed by atoms with Crippen LogP contribution in [-0.4, -0.2) is 39.0 Å². The van der Waals surface area contributed by atoms with Crippen molar-refractivity contribution in [3.05, 3.63) is 125 Å². The molecule has 0 unspecified atom stereocenters. The van der Waals surface area contributed by atoms with Crippen molar-refractivity contribution in [3.8, 4) is 0 Å². The summed E-state index contributed by atoms with van der Waals surface area (Å²) in [6.45, 7) is 0. The maximum absolute atomic E-state index is 12.8. The maximum atomic E-state index is 12.8. The van der Waals surface area contributed by atoms with Gasteiger partial charge in [-0.15, -0.1) is 0 Å². The van der Waals surface area contributed by atoms with Crippen LogP contribution in [0.25, 0.3) is 6.08 Å². The zero-order chi connectivity index (χ0) is 28.4. The van der Waals surface area contributed by atoms with E-state index in [9.17, 15) is 39.9 Å². The summed E-state index contributed by atoms with van der Waals surface area (Å²) in [6.07, 6.45) is 3.14. The lowest BCUT2D eigenvalue weighted by Crippen LogP contribution is -2.30. The number of nitro groups is 3. The third kappa shape index (κ3) is 7.43. The molecule has 0 saturated heterocycles. The van der Waals surface area contributed by atoms with Gasteiger partial charge in [-0.05, 0) is 35.9 Å². The minimum Gasteiger partial charge on any atom is -0.267 e. The van der Waals surface area contributed by atoms with Gasteiger partial charge in [-0.25, -0.2) is 10.9 Å². The number of benzene rings is 3. The average molecular weight is 531 g/mol. The van der Waals surface area contributed by atoms with Crippen LogP contribution in [0.15, 0.2) is 88.6 Å². The van der Waals surface area contributed by atoms with Gasteiger partial charge in [0.2, 0.25) is 0 Å². The van der Waals surface area contributed by atoms with Crippen LogP contribution in [-0.2, 0) is 9.59 Å². The topological polar surface area (TPSA) is 212 Å². The van der Waals surface area contributed by atoms with Crippen molar-refractivity contribution in [1.29, 1.82) is 0 Å². The van der Waals surface area contributed by atoms with E-state index in [2.05, 4.69) is 21.1 Å². The Hall–Kier alpha value is -6.12. The summed E-state index contributed by atoms with van der Waals surface area (Å²) in [5.41, 5.74) is 3.31. The number of nitrogens with one attached hydrogen (secondary N) is 2. The maximum Gasteiger partial charge on any atom is 0.278 e. The Morgan fingerprint density at radius 3 is 1.49 bits per heavy atom. The number of rotatable bonds is 10. The first-order valence-corrected chi connectivity index (χ1v) is 10.8. The quantitative estimate of drug-likeness (QED) is 0.0988. The number of hydrogen-bond acceptors (Lipinski definition) is 10. The van der Waals surface area contributed by atoms with Gasteiger partial charge in [0.25, 0.3) is 28.9 Å². The van der Waals surface area contributed by atoms with Crippen LogP contribution in [0, 0.1) is 30.3 Å². The van der Waals surface area contributed by atoms with Crippen molar-refractivity contribution >= 4 is 47.4 Å². The Morgan fingerprint density at radius 1 is 0.641 bits per heavy atom. The second-order valence-corrected chi connectivity index (χ2v) is 7.44. The van der Waals surface area contributed by atoms with Crippen LogP contribution in [0.2, 0.25) is 0 Å². The molecule has 0 aliphatic heterocycles. The highest BCUT2D eigenvalue weighted by Gasteiger charge is 2.19.